The zero-order valence-corrected chi connectivity index (χ0v) is 15.0. The van der Waals surface area contributed by atoms with Crippen LogP contribution in [0.3, 0.4) is 0 Å². The first-order valence-corrected chi connectivity index (χ1v) is 8.83. The highest BCUT2D eigenvalue weighted by Crippen LogP contribution is 2.34. The molecule has 2 fully saturated rings. The minimum atomic E-state index is -4.41. The minimum absolute atomic E-state index is 0.354. The molecule has 4 rings (SSSR count). The van der Waals surface area contributed by atoms with Crippen LogP contribution in [-0.2, 0) is 15.7 Å². The standard InChI is InChI=1S/C18H21F3N4O2/c1-24-4-6-26-10-17(24)9-25(5-7-27-11-17)16-14-8-13(18(19,20)21)2-3-15(14)22-12-23-16/h2-3,8,12H,4-7,9-11H2,1H3. The van der Waals surface area contributed by atoms with Crippen LogP contribution in [0.5, 0.6) is 0 Å². The topological polar surface area (TPSA) is 50.7 Å². The smallest absolute Gasteiger partial charge is 0.378 e. The molecule has 2 aromatic rings. The number of benzene rings is 1. The molecule has 2 aliphatic heterocycles. The Morgan fingerprint density at radius 3 is 2.52 bits per heavy atom. The first-order chi connectivity index (χ1) is 12.9. The molecule has 9 heteroatoms. The fraction of sp³-hybridized carbons (Fsp3) is 0.556. The molecule has 146 valence electrons. The van der Waals surface area contributed by atoms with Crippen molar-refractivity contribution in [3.63, 3.8) is 0 Å². The van der Waals surface area contributed by atoms with Gasteiger partial charge in [0.05, 0.1) is 43.0 Å². The first kappa shape index (κ1) is 18.4. The van der Waals surface area contributed by atoms with Crippen LogP contribution in [0, 0.1) is 0 Å². The number of nitrogens with zero attached hydrogens (tertiary/aromatic N) is 4. The van der Waals surface area contributed by atoms with E-state index in [4.69, 9.17) is 9.47 Å². The van der Waals surface area contributed by atoms with Gasteiger partial charge in [-0.3, -0.25) is 4.90 Å². The molecule has 27 heavy (non-hydrogen) atoms. The zero-order chi connectivity index (χ0) is 19.1. The second kappa shape index (κ2) is 6.88. The summed E-state index contributed by atoms with van der Waals surface area (Å²) in [4.78, 5) is 12.7. The number of halogens is 3. The molecule has 0 aliphatic carbocycles. The summed E-state index contributed by atoms with van der Waals surface area (Å²) in [6.45, 7) is 4.03. The lowest BCUT2D eigenvalue weighted by atomic mass is 9.97. The van der Waals surface area contributed by atoms with Crippen LogP contribution in [0.4, 0.5) is 19.0 Å². The van der Waals surface area contributed by atoms with Gasteiger partial charge in [-0.25, -0.2) is 9.97 Å². The molecule has 0 N–H and O–H groups in total. The van der Waals surface area contributed by atoms with Gasteiger partial charge in [0, 0.05) is 25.0 Å². The number of morpholine rings is 1. The third kappa shape index (κ3) is 3.46. The van der Waals surface area contributed by atoms with E-state index in [0.717, 1.165) is 18.7 Å². The van der Waals surface area contributed by atoms with Gasteiger partial charge in [0.15, 0.2) is 0 Å². The number of alkyl halides is 3. The molecule has 0 bridgehead atoms. The van der Waals surface area contributed by atoms with E-state index in [2.05, 4.69) is 14.9 Å². The molecular weight excluding hydrogens is 361 g/mol. The molecule has 1 atom stereocenters. The van der Waals surface area contributed by atoms with Crippen molar-refractivity contribution in [3.05, 3.63) is 30.1 Å². The van der Waals surface area contributed by atoms with Crippen LogP contribution in [-0.4, -0.2) is 73.5 Å². The average Bonchev–Trinajstić information content (AvgIpc) is 2.86. The Kier molecular flexibility index (Phi) is 4.69. The van der Waals surface area contributed by atoms with Crippen molar-refractivity contribution in [2.75, 3.05) is 58.0 Å². The van der Waals surface area contributed by atoms with Crippen LogP contribution in [0.25, 0.3) is 10.9 Å². The summed E-state index contributed by atoms with van der Waals surface area (Å²) in [6, 6.07) is 3.57. The number of likely N-dealkylation sites (N-methyl/N-ethyl adjacent to an activating group) is 1. The number of hydrogen-bond acceptors (Lipinski definition) is 6. The molecule has 6 nitrogen and oxygen atoms in total. The molecular formula is C18H21F3N4O2. The van der Waals surface area contributed by atoms with E-state index in [1.54, 1.807) is 0 Å². The van der Waals surface area contributed by atoms with E-state index in [0.29, 0.717) is 56.2 Å². The predicted molar refractivity (Wildman–Crippen MR) is 93.8 cm³/mol. The van der Waals surface area contributed by atoms with Gasteiger partial charge < -0.3 is 14.4 Å². The normalized spacial score (nSPS) is 25.1. The van der Waals surface area contributed by atoms with Gasteiger partial charge in [-0.15, -0.1) is 0 Å². The molecule has 1 spiro atoms. The van der Waals surface area contributed by atoms with E-state index >= 15 is 0 Å². The summed E-state index contributed by atoms with van der Waals surface area (Å²) in [5, 5.41) is 0.392. The van der Waals surface area contributed by atoms with E-state index < -0.39 is 11.7 Å². The van der Waals surface area contributed by atoms with Crippen molar-refractivity contribution in [1.29, 1.82) is 0 Å². The number of rotatable bonds is 1. The Balaban J connectivity index is 1.76. The van der Waals surface area contributed by atoms with Gasteiger partial charge in [0.1, 0.15) is 12.1 Å². The lowest BCUT2D eigenvalue weighted by Crippen LogP contribution is -2.62. The maximum Gasteiger partial charge on any atom is 0.416 e. The summed E-state index contributed by atoms with van der Waals surface area (Å²) < 4.78 is 51.1. The van der Waals surface area contributed by atoms with Crippen molar-refractivity contribution >= 4 is 16.7 Å². The summed E-state index contributed by atoms with van der Waals surface area (Å²) in [5.74, 6) is 0.495. The number of hydrogen-bond donors (Lipinski definition) is 0. The highest BCUT2D eigenvalue weighted by atomic mass is 19.4. The lowest BCUT2D eigenvalue weighted by molar-refractivity contribution is -0.137. The Hall–Kier alpha value is -1.97. The molecule has 1 aromatic carbocycles. The Bertz CT molecular complexity index is 832. The van der Waals surface area contributed by atoms with Gasteiger partial charge >= 0.3 is 6.18 Å². The third-order valence-electron chi connectivity index (χ3n) is 5.35. The van der Waals surface area contributed by atoms with Gasteiger partial charge in [0.25, 0.3) is 0 Å². The molecule has 0 saturated carbocycles. The molecule has 2 aliphatic rings. The second-order valence-corrected chi connectivity index (χ2v) is 7.10. The fourth-order valence-electron chi connectivity index (χ4n) is 3.70. The fourth-order valence-corrected chi connectivity index (χ4v) is 3.70. The molecule has 2 saturated heterocycles. The number of ether oxygens (including phenoxy) is 2. The predicted octanol–water partition coefficient (Wildman–Crippen LogP) is 2.19. The summed E-state index contributed by atoms with van der Waals surface area (Å²) in [7, 11) is 2.02. The van der Waals surface area contributed by atoms with E-state index in [9.17, 15) is 13.2 Å². The van der Waals surface area contributed by atoms with Crippen LogP contribution < -0.4 is 4.90 Å². The van der Waals surface area contributed by atoms with Crippen LogP contribution in [0.15, 0.2) is 24.5 Å². The molecule has 3 heterocycles. The monoisotopic (exact) mass is 382 g/mol. The van der Waals surface area contributed by atoms with Crippen LogP contribution in [0.1, 0.15) is 5.56 Å². The summed E-state index contributed by atoms with van der Waals surface area (Å²) in [5.41, 5.74) is -0.571. The first-order valence-electron chi connectivity index (χ1n) is 8.83. The van der Waals surface area contributed by atoms with Gasteiger partial charge in [0.2, 0.25) is 0 Å². The van der Waals surface area contributed by atoms with Crippen molar-refractivity contribution in [2.24, 2.45) is 0 Å². The van der Waals surface area contributed by atoms with Crippen molar-refractivity contribution in [3.8, 4) is 0 Å². The second-order valence-electron chi connectivity index (χ2n) is 7.10. The van der Waals surface area contributed by atoms with E-state index in [1.165, 1.54) is 12.4 Å². The quantitative estimate of drug-likeness (QED) is 0.754. The minimum Gasteiger partial charge on any atom is -0.378 e. The van der Waals surface area contributed by atoms with Crippen molar-refractivity contribution in [1.82, 2.24) is 14.9 Å². The largest absolute Gasteiger partial charge is 0.416 e. The Labute approximate surface area is 154 Å². The van der Waals surface area contributed by atoms with Crippen LogP contribution in [0.2, 0.25) is 0 Å². The van der Waals surface area contributed by atoms with Gasteiger partial charge in [-0.1, -0.05) is 0 Å². The molecule has 0 amide bonds. The van der Waals surface area contributed by atoms with Crippen molar-refractivity contribution in [2.45, 2.75) is 11.7 Å². The number of aromatic nitrogens is 2. The summed E-state index contributed by atoms with van der Waals surface area (Å²) >= 11 is 0. The maximum atomic E-state index is 13.2. The van der Waals surface area contributed by atoms with E-state index in [1.807, 2.05) is 11.9 Å². The Morgan fingerprint density at radius 1 is 1.07 bits per heavy atom. The maximum absolute atomic E-state index is 13.2. The SMILES string of the molecule is CN1CCOCC12COCCN(c1ncnc3ccc(C(F)(F)F)cc13)C2. The molecule has 1 aromatic heterocycles. The third-order valence-corrected chi connectivity index (χ3v) is 5.35. The van der Waals surface area contributed by atoms with Crippen LogP contribution >= 0.6 is 0 Å². The lowest BCUT2D eigenvalue weighted by Gasteiger charge is -2.45. The zero-order valence-electron chi connectivity index (χ0n) is 15.0. The van der Waals surface area contributed by atoms with E-state index in [-0.39, 0.29) is 5.54 Å². The van der Waals surface area contributed by atoms with Gasteiger partial charge in [-0.05, 0) is 25.2 Å². The summed E-state index contributed by atoms with van der Waals surface area (Å²) in [6.07, 6.45) is -3.02. The molecule has 0 radical (unpaired) electrons. The Morgan fingerprint density at radius 2 is 1.81 bits per heavy atom. The average molecular weight is 382 g/mol. The number of fused-ring (bicyclic) bond motifs is 1. The van der Waals surface area contributed by atoms with Crippen molar-refractivity contribution < 1.29 is 22.6 Å². The highest BCUT2D eigenvalue weighted by Gasteiger charge is 2.41. The van der Waals surface area contributed by atoms with Gasteiger partial charge in [-0.2, -0.15) is 13.2 Å². The highest BCUT2D eigenvalue weighted by molar-refractivity contribution is 5.90. The molecule has 1 unspecified atom stereocenters. The number of anilines is 1.